The Morgan fingerprint density at radius 1 is 0.966 bits per heavy atom. The zero-order chi connectivity index (χ0) is 20.0. The lowest BCUT2D eigenvalue weighted by Crippen LogP contribution is -2.71. The monoisotopic (exact) mass is 383 g/mol. The Labute approximate surface area is 169 Å². The second-order valence-corrected chi connectivity index (χ2v) is 7.47. The first kappa shape index (κ1) is 17.6. The molecule has 0 N–H and O–H groups in total. The number of carbonyl (C=O) groups is 2. The highest BCUT2D eigenvalue weighted by Gasteiger charge is 2.69. The van der Waals surface area contributed by atoms with E-state index in [0.717, 1.165) is 16.7 Å². The molecule has 5 nitrogen and oxygen atoms in total. The quantitative estimate of drug-likeness (QED) is 0.648. The van der Waals surface area contributed by atoms with E-state index < -0.39 is 5.54 Å². The van der Waals surface area contributed by atoms with Crippen molar-refractivity contribution < 1.29 is 9.59 Å². The van der Waals surface area contributed by atoms with Gasteiger partial charge in [-0.1, -0.05) is 54.6 Å². The Morgan fingerprint density at radius 3 is 2.45 bits per heavy atom. The van der Waals surface area contributed by atoms with Gasteiger partial charge in [0.15, 0.2) is 5.54 Å². The van der Waals surface area contributed by atoms with Crippen molar-refractivity contribution in [2.24, 2.45) is 0 Å². The van der Waals surface area contributed by atoms with Crippen LogP contribution in [0, 0.1) is 0 Å². The van der Waals surface area contributed by atoms with Crippen LogP contribution < -0.4 is 0 Å². The number of hydrogen-bond donors (Lipinski definition) is 0. The summed E-state index contributed by atoms with van der Waals surface area (Å²) in [6.45, 7) is 2.93. The molecule has 5 rings (SSSR count). The summed E-state index contributed by atoms with van der Waals surface area (Å²) >= 11 is 0. The number of amides is 2. The van der Waals surface area contributed by atoms with Crippen molar-refractivity contribution in [3.8, 4) is 0 Å². The minimum atomic E-state index is -1.03. The molecule has 144 valence electrons. The van der Waals surface area contributed by atoms with E-state index in [1.165, 1.54) is 0 Å². The van der Waals surface area contributed by atoms with Crippen molar-refractivity contribution in [2.45, 2.75) is 25.0 Å². The maximum atomic E-state index is 13.6. The maximum Gasteiger partial charge on any atom is 0.256 e. The fourth-order valence-corrected chi connectivity index (χ4v) is 4.84. The molecular weight excluding hydrogens is 362 g/mol. The van der Waals surface area contributed by atoms with Crippen molar-refractivity contribution in [3.05, 3.63) is 101 Å². The third kappa shape index (κ3) is 2.30. The van der Waals surface area contributed by atoms with E-state index in [1.54, 1.807) is 17.3 Å². The summed E-state index contributed by atoms with van der Waals surface area (Å²) in [5.41, 5.74) is 2.32. The highest BCUT2D eigenvalue weighted by Crippen LogP contribution is 2.58. The normalized spacial score (nSPS) is 22.7. The van der Waals surface area contributed by atoms with Crippen LogP contribution in [0.25, 0.3) is 0 Å². The number of rotatable bonds is 4. The van der Waals surface area contributed by atoms with Crippen LogP contribution in [0.1, 0.15) is 40.0 Å². The van der Waals surface area contributed by atoms with Gasteiger partial charge in [-0.05, 0) is 30.2 Å². The van der Waals surface area contributed by atoms with E-state index >= 15 is 0 Å². The first-order valence-electron chi connectivity index (χ1n) is 9.86. The fraction of sp³-hybridized carbons (Fsp3) is 0.208. The lowest BCUT2D eigenvalue weighted by atomic mass is 9.70. The Bertz CT molecular complexity index is 1080. The van der Waals surface area contributed by atoms with Gasteiger partial charge < -0.3 is 9.80 Å². The lowest BCUT2D eigenvalue weighted by Gasteiger charge is -2.58. The number of aromatic nitrogens is 1. The topological polar surface area (TPSA) is 53.5 Å². The van der Waals surface area contributed by atoms with Gasteiger partial charge in [0.1, 0.15) is 0 Å². The van der Waals surface area contributed by atoms with Crippen LogP contribution >= 0.6 is 0 Å². The van der Waals surface area contributed by atoms with E-state index in [9.17, 15) is 9.59 Å². The SMILES string of the molecule is CCN1C(=O)[C@]2(c3ccccc3C(=O)N2Cc2ccccc2)[C@H]1c1cccnc1. The third-order valence-electron chi connectivity index (χ3n) is 6.06. The van der Waals surface area contributed by atoms with Gasteiger partial charge in [-0.15, -0.1) is 0 Å². The molecule has 29 heavy (non-hydrogen) atoms. The van der Waals surface area contributed by atoms with Crippen LogP contribution in [0.3, 0.4) is 0 Å². The molecule has 2 amide bonds. The standard InChI is InChI=1S/C24H21N3O2/c1-2-26-21(18-11-8-14-25-15-18)24(23(26)29)20-13-7-6-12-19(20)22(28)27(24)16-17-9-4-3-5-10-17/h3-15,21H,2,16H2,1H3/t21-,24+/m1/s1. The Morgan fingerprint density at radius 2 is 1.72 bits per heavy atom. The molecule has 1 spiro atoms. The second kappa shape index (κ2) is 6.55. The number of nitrogens with zero attached hydrogens (tertiary/aromatic N) is 3. The average Bonchev–Trinajstić information content (AvgIpc) is 3.03. The van der Waals surface area contributed by atoms with Gasteiger partial charge in [-0.2, -0.15) is 0 Å². The lowest BCUT2D eigenvalue weighted by molar-refractivity contribution is -0.176. The van der Waals surface area contributed by atoms with Gasteiger partial charge in [-0.3, -0.25) is 14.6 Å². The smallest absolute Gasteiger partial charge is 0.256 e. The first-order valence-corrected chi connectivity index (χ1v) is 9.86. The van der Waals surface area contributed by atoms with Gasteiger partial charge in [-0.25, -0.2) is 0 Å². The molecule has 0 aliphatic carbocycles. The molecule has 3 heterocycles. The van der Waals surface area contributed by atoms with E-state index in [-0.39, 0.29) is 17.9 Å². The largest absolute Gasteiger partial charge is 0.330 e. The number of likely N-dealkylation sites (tertiary alicyclic amines) is 1. The zero-order valence-corrected chi connectivity index (χ0v) is 16.2. The second-order valence-electron chi connectivity index (χ2n) is 7.47. The Kier molecular flexibility index (Phi) is 3.98. The van der Waals surface area contributed by atoms with Crippen LogP contribution in [0.2, 0.25) is 0 Å². The number of β-lactam (4-membered cyclic amide) rings is 1. The summed E-state index contributed by atoms with van der Waals surface area (Å²) in [5.74, 6) is -0.120. The van der Waals surface area contributed by atoms with Crippen LogP contribution in [0.5, 0.6) is 0 Å². The van der Waals surface area contributed by atoms with Crippen LogP contribution in [0.4, 0.5) is 0 Å². The Hall–Kier alpha value is -3.47. The average molecular weight is 383 g/mol. The molecule has 2 aliphatic rings. The number of pyridine rings is 1. The molecule has 2 aromatic carbocycles. The molecule has 0 bridgehead atoms. The van der Waals surface area contributed by atoms with Crippen LogP contribution in [-0.4, -0.2) is 33.1 Å². The van der Waals surface area contributed by atoms with Crippen molar-refractivity contribution in [3.63, 3.8) is 0 Å². The predicted molar refractivity (Wildman–Crippen MR) is 109 cm³/mol. The molecule has 2 aliphatic heterocycles. The number of carbonyl (C=O) groups excluding carboxylic acids is 2. The number of benzene rings is 2. The fourth-order valence-electron chi connectivity index (χ4n) is 4.84. The van der Waals surface area contributed by atoms with Gasteiger partial charge in [0, 0.05) is 36.6 Å². The van der Waals surface area contributed by atoms with Crippen LogP contribution in [-0.2, 0) is 16.9 Å². The molecule has 1 aromatic heterocycles. The molecule has 0 radical (unpaired) electrons. The summed E-state index contributed by atoms with van der Waals surface area (Å²) in [7, 11) is 0. The summed E-state index contributed by atoms with van der Waals surface area (Å²) in [4.78, 5) is 35.0. The van der Waals surface area contributed by atoms with Gasteiger partial charge in [0.2, 0.25) is 0 Å². The first-order chi connectivity index (χ1) is 14.2. The zero-order valence-electron chi connectivity index (χ0n) is 16.2. The minimum absolute atomic E-state index is 0.0249. The highest BCUT2D eigenvalue weighted by molar-refractivity contribution is 6.10. The van der Waals surface area contributed by atoms with Gasteiger partial charge in [0.25, 0.3) is 11.8 Å². The Balaban J connectivity index is 1.71. The minimum Gasteiger partial charge on any atom is -0.330 e. The van der Waals surface area contributed by atoms with Crippen molar-refractivity contribution in [2.75, 3.05) is 6.54 Å². The third-order valence-corrected chi connectivity index (χ3v) is 6.06. The molecule has 2 atom stereocenters. The molecule has 0 unspecified atom stereocenters. The maximum absolute atomic E-state index is 13.6. The predicted octanol–water partition coefficient (Wildman–Crippen LogP) is 3.54. The molecule has 5 heteroatoms. The highest BCUT2D eigenvalue weighted by atomic mass is 16.2. The van der Waals surface area contributed by atoms with E-state index in [1.807, 2.05) is 78.6 Å². The molecular formula is C24H21N3O2. The molecule has 1 fully saturated rings. The molecule has 0 saturated carbocycles. The molecule has 1 saturated heterocycles. The van der Waals surface area contributed by atoms with Gasteiger partial charge in [0.05, 0.1) is 6.04 Å². The number of hydrogen-bond acceptors (Lipinski definition) is 3. The van der Waals surface area contributed by atoms with E-state index in [0.29, 0.717) is 18.7 Å². The van der Waals surface area contributed by atoms with Gasteiger partial charge >= 0.3 is 0 Å². The van der Waals surface area contributed by atoms with Crippen molar-refractivity contribution in [1.82, 2.24) is 14.8 Å². The summed E-state index contributed by atoms with van der Waals surface area (Å²) in [6.07, 6.45) is 3.52. The summed E-state index contributed by atoms with van der Waals surface area (Å²) < 4.78 is 0. The summed E-state index contributed by atoms with van der Waals surface area (Å²) in [6, 6.07) is 21.0. The van der Waals surface area contributed by atoms with Crippen LogP contribution in [0.15, 0.2) is 79.1 Å². The van der Waals surface area contributed by atoms with Crippen molar-refractivity contribution >= 4 is 11.8 Å². The van der Waals surface area contributed by atoms with E-state index in [2.05, 4.69) is 4.98 Å². The molecule has 3 aromatic rings. The number of fused-ring (bicyclic) bond motifs is 2. The summed E-state index contributed by atoms with van der Waals surface area (Å²) in [5, 5.41) is 0. The van der Waals surface area contributed by atoms with Crippen molar-refractivity contribution in [1.29, 1.82) is 0 Å². The van der Waals surface area contributed by atoms with E-state index in [4.69, 9.17) is 0 Å². The number of likely N-dealkylation sites (N-methyl/N-ethyl adjacent to an activating group) is 1.